The molecule has 1 amide bonds. The highest BCUT2D eigenvalue weighted by molar-refractivity contribution is 7.99. The van der Waals surface area contributed by atoms with Crippen molar-refractivity contribution in [1.29, 1.82) is 0 Å². The molecule has 5 heteroatoms. The third-order valence-corrected chi connectivity index (χ3v) is 4.23. The van der Waals surface area contributed by atoms with Crippen LogP contribution in [0.1, 0.15) is 36.2 Å². The van der Waals surface area contributed by atoms with Gasteiger partial charge in [0.1, 0.15) is 0 Å². The largest absolute Gasteiger partial charge is 0.339 e. The summed E-state index contributed by atoms with van der Waals surface area (Å²) < 4.78 is 0. The maximum Gasteiger partial charge on any atom is 0.253 e. The molecule has 2 N–H and O–H groups in total. The van der Waals surface area contributed by atoms with Crippen molar-refractivity contribution in [3.63, 3.8) is 0 Å². The van der Waals surface area contributed by atoms with Gasteiger partial charge in [-0.3, -0.25) is 4.79 Å². The highest BCUT2D eigenvalue weighted by Gasteiger charge is 2.16. The van der Waals surface area contributed by atoms with Crippen molar-refractivity contribution < 1.29 is 4.79 Å². The van der Waals surface area contributed by atoms with E-state index in [9.17, 15) is 4.79 Å². The van der Waals surface area contributed by atoms with Gasteiger partial charge in [-0.05, 0) is 42.5 Å². The lowest BCUT2D eigenvalue weighted by Gasteiger charge is -2.25. The molecule has 0 bridgehead atoms. The molecule has 1 aromatic rings. The Morgan fingerprint density at radius 1 is 1.35 bits per heavy atom. The number of nitrogens with zero attached hydrogens (tertiary/aromatic N) is 1. The van der Waals surface area contributed by atoms with Gasteiger partial charge in [0.05, 0.1) is 0 Å². The maximum absolute atomic E-state index is 12.3. The van der Waals surface area contributed by atoms with E-state index in [2.05, 4.69) is 13.8 Å². The Balaban J connectivity index is 0.00000361. The molecule has 0 radical (unpaired) electrons. The summed E-state index contributed by atoms with van der Waals surface area (Å²) in [5.41, 5.74) is 7.33. The monoisotopic (exact) mass is 316 g/mol. The zero-order valence-corrected chi connectivity index (χ0v) is 14.1. The number of hydrogen-bond donors (Lipinski definition) is 1. The van der Waals surface area contributed by atoms with Gasteiger partial charge in [-0.1, -0.05) is 19.1 Å². The maximum atomic E-state index is 12.3. The van der Waals surface area contributed by atoms with Crippen LogP contribution >= 0.6 is 24.2 Å². The molecule has 20 heavy (non-hydrogen) atoms. The van der Waals surface area contributed by atoms with E-state index in [0.717, 1.165) is 29.1 Å². The summed E-state index contributed by atoms with van der Waals surface area (Å²) in [6.45, 7) is 4.76. The summed E-state index contributed by atoms with van der Waals surface area (Å²) in [4.78, 5) is 14.1. The highest BCUT2D eigenvalue weighted by Crippen LogP contribution is 2.12. The molecule has 1 unspecified atom stereocenters. The Labute approximate surface area is 132 Å². The molecule has 0 heterocycles. The van der Waals surface area contributed by atoms with Gasteiger partial charge in [-0.25, -0.2) is 0 Å². The minimum Gasteiger partial charge on any atom is -0.339 e. The standard InChI is InChI=1S/C15H24N2OS.ClH/c1-4-19-10-9-12(2)17(3)15(18)14-7-5-13(11-16)6-8-14;/h5-8,12H,4,9-11,16H2,1-3H3;1H. The Bertz CT molecular complexity index is 397. The fourth-order valence-corrected chi connectivity index (χ4v) is 2.58. The van der Waals surface area contributed by atoms with Crippen molar-refractivity contribution in [1.82, 2.24) is 4.90 Å². The van der Waals surface area contributed by atoms with E-state index in [1.165, 1.54) is 0 Å². The molecule has 0 aliphatic carbocycles. The first-order chi connectivity index (χ1) is 9.10. The number of hydrogen-bond acceptors (Lipinski definition) is 3. The number of amides is 1. The Morgan fingerprint density at radius 3 is 2.45 bits per heavy atom. The summed E-state index contributed by atoms with van der Waals surface area (Å²) in [5, 5.41) is 0. The molecule has 0 fully saturated rings. The zero-order chi connectivity index (χ0) is 14.3. The van der Waals surface area contributed by atoms with Gasteiger partial charge in [-0.15, -0.1) is 12.4 Å². The second kappa shape index (κ2) is 10.1. The van der Waals surface area contributed by atoms with Crippen LogP contribution in [0.5, 0.6) is 0 Å². The van der Waals surface area contributed by atoms with Crippen LogP contribution in [-0.4, -0.2) is 35.4 Å². The second-order valence-corrected chi connectivity index (χ2v) is 6.05. The Hall–Kier alpha value is -0.710. The molecule has 0 aliphatic heterocycles. The van der Waals surface area contributed by atoms with Crippen molar-refractivity contribution >= 4 is 30.1 Å². The minimum atomic E-state index is 0. The lowest BCUT2D eigenvalue weighted by Crippen LogP contribution is -2.35. The third-order valence-electron chi connectivity index (χ3n) is 3.30. The number of rotatable bonds is 7. The molecule has 3 nitrogen and oxygen atoms in total. The van der Waals surface area contributed by atoms with E-state index in [0.29, 0.717) is 6.54 Å². The van der Waals surface area contributed by atoms with E-state index in [4.69, 9.17) is 5.73 Å². The van der Waals surface area contributed by atoms with Crippen LogP contribution in [0.2, 0.25) is 0 Å². The van der Waals surface area contributed by atoms with E-state index in [1.54, 1.807) is 0 Å². The predicted molar refractivity (Wildman–Crippen MR) is 90.8 cm³/mol. The van der Waals surface area contributed by atoms with E-state index >= 15 is 0 Å². The molecule has 0 saturated carbocycles. The van der Waals surface area contributed by atoms with Crippen molar-refractivity contribution in [2.45, 2.75) is 32.9 Å². The summed E-state index contributed by atoms with van der Waals surface area (Å²) in [5.74, 6) is 2.31. The Morgan fingerprint density at radius 2 is 1.95 bits per heavy atom. The normalized spacial score (nSPS) is 11.6. The number of carbonyl (C=O) groups is 1. The van der Waals surface area contributed by atoms with E-state index in [1.807, 2.05) is 48.0 Å². The number of carbonyl (C=O) groups excluding carboxylic acids is 1. The summed E-state index contributed by atoms with van der Waals surface area (Å²) in [6, 6.07) is 7.81. The van der Waals surface area contributed by atoms with Crippen LogP contribution < -0.4 is 5.73 Å². The summed E-state index contributed by atoms with van der Waals surface area (Å²) >= 11 is 1.91. The average molecular weight is 317 g/mol. The predicted octanol–water partition coefficient (Wildman–Crippen LogP) is 3.17. The Kier molecular flexibility index (Phi) is 9.72. The lowest BCUT2D eigenvalue weighted by molar-refractivity contribution is 0.0741. The molecule has 0 aromatic heterocycles. The topological polar surface area (TPSA) is 46.3 Å². The van der Waals surface area contributed by atoms with Crippen LogP contribution in [-0.2, 0) is 6.54 Å². The first-order valence-corrected chi connectivity index (χ1v) is 7.89. The van der Waals surface area contributed by atoms with Crippen LogP contribution in [0.3, 0.4) is 0 Å². The quantitative estimate of drug-likeness (QED) is 0.786. The van der Waals surface area contributed by atoms with Gasteiger partial charge < -0.3 is 10.6 Å². The fourth-order valence-electron chi connectivity index (χ4n) is 1.78. The molecular formula is C15H25ClN2OS. The van der Waals surface area contributed by atoms with Crippen molar-refractivity contribution in [2.75, 3.05) is 18.6 Å². The number of benzene rings is 1. The number of halogens is 1. The van der Waals surface area contributed by atoms with Crippen LogP contribution in [0.15, 0.2) is 24.3 Å². The summed E-state index contributed by atoms with van der Waals surface area (Å²) in [7, 11) is 1.88. The first-order valence-electron chi connectivity index (χ1n) is 6.74. The van der Waals surface area contributed by atoms with Gasteiger partial charge in [0.15, 0.2) is 0 Å². The van der Waals surface area contributed by atoms with Crippen LogP contribution in [0.4, 0.5) is 0 Å². The van der Waals surface area contributed by atoms with Gasteiger partial charge >= 0.3 is 0 Å². The van der Waals surface area contributed by atoms with Crippen LogP contribution in [0, 0.1) is 0 Å². The van der Waals surface area contributed by atoms with Crippen LogP contribution in [0.25, 0.3) is 0 Å². The highest BCUT2D eigenvalue weighted by atomic mass is 35.5. The molecule has 1 atom stereocenters. The third kappa shape index (κ3) is 5.73. The van der Waals surface area contributed by atoms with Gasteiger partial charge in [0, 0.05) is 25.2 Å². The molecule has 0 spiro atoms. The molecule has 1 rings (SSSR count). The van der Waals surface area contributed by atoms with Crippen molar-refractivity contribution in [2.24, 2.45) is 5.73 Å². The van der Waals surface area contributed by atoms with Crippen molar-refractivity contribution in [3.8, 4) is 0 Å². The molecule has 0 saturated heterocycles. The fraction of sp³-hybridized carbons (Fsp3) is 0.533. The van der Waals surface area contributed by atoms with Gasteiger partial charge in [0.25, 0.3) is 5.91 Å². The number of thioether (sulfide) groups is 1. The molecule has 0 aliphatic rings. The average Bonchev–Trinajstić information content (AvgIpc) is 2.46. The van der Waals surface area contributed by atoms with Gasteiger partial charge in [-0.2, -0.15) is 11.8 Å². The minimum absolute atomic E-state index is 0. The van der Waals surface area contributed by atoms with Gasteiger partial charge in [0.2, 0.25) is 0 Å². The SMILES string of the molecule is CCSCCC(C)N(C)C(=O)c1ccc(CN)cc1.Cl. The lowest BCUT2D eigenvalue weighted by atomic mass is 10.1. The summed E-state index contributed by atoms with van der Waals surface area (Å²) in [6.07, 6.45) is 1.03. The first kappa shape index (κ1) is 19.3. The second-order valence-electron chi connectivity index (χ2n) is 4.65. The van der Waals surface area contributed by atoms with Crippen molar-refractivity contribution in [3.05, 3.63) is 35.4 Å². The van der Waals surface area contributed by atoms with E-state index in [-0.39, 0.29) is 24.4 Å². The molecule has 1 aromatic carbocycles. The smallest absolute Gasteiger partial charge is 0.253 e. The zero-order valence-electron chi connectivity index (χ0n) is 12.5. The van der Waals surface area contributed by atoms with E-state index < -0.39 is 0 Å². The number of nitrogens with two attached hydrogens (primary N) is 1. The molecule has 114 valence electrons. The molecular weight excluding hydrogens is 292 g/mol.